The molecule has 1 aliphatic heterocycles. The number of hydrogen-bond acceptors (Lipinski definition) is 5. The standard InChI is InChI=1S/C14H15N5O/c1-10-16-5-4-11(18-10)14(20)19-8-2-3-13(19)12-9-15-6-7-17-12/h4-7,9,13H,2-3,8H2,1H3/t13-/m0/s1. The van der Waals surface area contributed by atoms with Gasteiger partial charge in [-0.1, -0.05) is 0 Å². The first-order valence-corrected chi connectivity index (χ1v) is 6.62. The van der Waals surface area contributed by atoms with Gasteiger partial charge in [0.2, 0.25) is 0 Å². The minimum atomic E-state index is -0.0661. The first-order chi connectivity index (χ1) is 9.75. The SMILES string of the molecule is Cc1nccc(C(=O)N2CCC[C@H]2c2cnccn2)n1. The van der Waals surface area contributed by atoms with Crippen LogP contribution in [0, 0.1) is 6.92 Å². The maximum absolute atomic E-state index is 12.6. The fourth-order valence-corrected chi connectivity index (χ4v) is 2.52. The number of carbonyl (C=O) groups excluding carboxylic acids is 1. The van der Waals surface area contributed by atoms with Crippen LogP contribution in [-0.4, -0.2) is 37.3 Å². The summed E-state index contributed by atoms with van der Waals surface area (Å²) in [6, 6.07) is 1.65. The van der Waals surface area contributed by atoms with Gasteiger partial charge >= 0.3 is 0 Å². The first kappa shape index (κ1) is 12.7. The van der Waals surface area contributed by atoms with Crippen LogP contribution in [0.2, 0.25) is 0 Å². The van der Waals surface area contributed by atoms with Crippen LogP contribution in [0.15, 0.2) is 30.9 Å². The van der Waals surface area contributed by atoms with E-state index in [2.05, 4.69) is 19.9 Å². The second kappa shape index (κ2) is 5.32. The Kier molecular flexibility index (Phi) is 3.37. The predicted molar refractivity (Wildman–Crippen MR) is 71.8 cm³/mol. The molecule has 1 amide bonds. The van der Waals surface area contributed by atoms with Crippen molar-refractivity contribution in [1.29, 1.82) is 0 Å². The molecule has 3 rings (SSSR count). The third-order valence-electron chi connectivity index (χ3n) is 3.43. The molecule has 0 radical (unpaired) electrons. The number of aromatic nitrogens is 4. The van der Waals surface area contributed by atoms with Crippen LogP contribution in [-0.2, 0) is 0 Å². The van der Waals surface area contributed by atoms with Crippen molar-refractivity contribution >= 4 is 5.91 Å². The average Bonchev–Trinajstić information content (AvgIpc) is 2.97. The fraction of sp³-hybridized carbons (Fsp3) is 0.357. The molecule has 3 heterocycles. The molecule has 102 valence electrons. The molecule has 2 aromatic heterocycles. The molecule has 0 aliphatic carbocycles. The maximum atomic E-state index is 12.6. The van der Waals surface area contributed by atoms with Crippen LogP contribution >= 0.6 is 0 Å². The average molecular weight is 269 g/mol. The molecular weight excluding hydrogens is 254 g/mol. The molecule has 1 saturated heterocycles. The highest BCUT2D eigenvalue weighted by atomic mass is 16.2. The molecule has 2 aromatic rings. The monoisotopic (exact) mass is 269 g/mol. The van der Waals surface area contributed by atoms with E-state index in [9.17, 15) is 4.79 Å². The molecule has 0 aromatic carbocycles. The van der Waals surface area contributed by atoms with Crippen LogP contribution in [0.1, 0.15) is 40.9 Å². The molecule has 6 heteroatoms. The summed E-state index contributed by atoms with van der Waals surface area (Å²) in [6.45, 7) is 2.50. The van der Waals surface area contributed by atoms with E-state index in [1.807, 2.05) is 4.90 Å². The first-order valence-electron chi connectivity index (χ1n) is 6.62. The fourth-order valence-electron chi connectivity index (χ4n) is 2.52. The van der Waals surface area contributed by atoms with Crippen molar-refractivity contribution in [3.05, 3.63) is 48.1 Å². The molecule has 1 atom stereocenters. The van der Waals surface area contributed by atoms with Crippen LogP contribution < -0.4 is 0 Å². The summed E-state index contributed by atoms with van der Waals surface area (Å²) in [7, 11) is 0. The van der Waals surface area contributed by atoms with E-state index in [0.717, 1.165) is 25.1 Å². The Morgan fingerprint density at radius 3 is 2.95 bits per heavy atom. The zero-order valence-electron chi connectivity index (χ0n) is 11.2. The van der Waals surface area contributed by atoms with E-state index in [1.165, 1.54) is 0 Å². The summed E-state index contributed by atoms with van der Waals surface area (Å²) in [6.07, 6.45) is 8.51. The third kappa shape index (κ3) is 2.36. The summed E-state index contributed by atoms with van der Waals surface area (Å²) in [4.78, 5) is 31.0. The number of carbonyl (C=O) groups is 1. The molecule has 0 bridgehead atoms. The quantitative estimate of drug-likeness (QED) is 0.827. The molecule has 1 fully saturated rings. The molecule has 0 saturated carbocycles. The lowest BCUT2D eigenvalue weighted by Gasteiger charge is -2.23. The number of nitrogens with zero attached hydrogens (tertiary/aromatic N) is 5. The lowest BCUT2D eigenvalue weighted by Crippen LogP contribution is -2.31. The van der Waals surface area contributed by atoms with Crippen LogP contribution in [0.4, 0.5) is 0 Å². The Balaban J connectivity index is 1.87. The van der Waals surface area contributed by atoms with Crippen LogP contribution in [0.3, 0.4) is 0 Å². The topological polar surface area (TPSA) is 71.9 Å². The van der Waals surface area contributed by atoms with E-state index in [1.54, 1.807) is 37.8 Å². The van der Waals surface area contributed by atoms with Gasteiger partial charge in [-0.2, -0.15) is 0 Å². The molecular formula is C14H15N5O. The lowest BCUT2D eigenvalue weighted by molar-refractivity contribution is 0.0726. The summed E-state index contributed by atoms with van der Waals surface area (Å²) in [5.74, 6) is 0.537. The van der Waals surface area contributed by atoms with Crippen molar-refractivity contribution in [2.45, 2.75) is 25.8 Å². The summed E-state index contributed by atoms with van der Waals surface area (Å²) in [5.41, 5.74) is 1.28. The normalized spacial score (nSPS) is 18.2. The molecule has 1 aliphatic rings. The Bertz CT molecular complexity index is 616. The van der Waals surface area contributed by atoms with Gasteiger partial charge in [-0.05, 0) is 25.8 Å². The van der Waals surface area contributed by atoms with E-state index in [0.29, 0.717) is 11.5 Å². The van der Waals surface area contributed by atoms with Crippen molar-refractivity contribution < 1.29 is 4.79 Å². The summed E-state index contributed by atoms with van der Waals surface area (Å²) >= 11 is 0. The molecule has 0 N–H and O–H groups in total. The van der Waals surface area contributed by atoms with Gasteiger partial charge in [0.15, 0.2) is 0 Å². The zero-order chi connectivity index (χ0) is 13.9. The molecule has 20 heavy (non-hydrogen) atoms. The van der Waals surface area contributed by atoms with Gasteiger partial charge in [-0.15, -0.1) is 0 Å². The zero-order valence-corrected chi connectivity index (χ0v) is 11.2. The highest BCUT2D eigenvalue weighted by Crippen LogP contribution is 2.31. The van der Waals surface area contributed by atoms with Gasteiger partial charge in [0.25, 0.3) is 5.91 Å². The Morgan fingerprint density at radius 1 is 1.30 bits per heavy atom. The number of likely N-dealkylation sites (tertiary alicyclic amines) is 1. The second-order valence-electron chi connectivity index (χ2n) is 4.78. The Labute approximate surface area is 116 Å². The van der Waals surface area contributed by atoms with Crippen molar-refractivity contribution in [3.63, 3.8) is 0 Å². The van der Waals surface area contributed by atoms with Gasteiger partial charge in [-0.25, -0.2) is 9.97 Å². The van der Waals surface area contributed by atoms with Gasteiger partial charge in [0.1, 0.15) is 11.5 Å². The summed E-state index contributed by atoms with van der Waals surface area (Å²) < 4.78 is 0. The largest absolute Gasteiger partial charge is 0.329 e. The second-order valence-corrected chi connectivity index (χ2v) is 4.78. The number of aryl methyl sites for hydroxylation is 1. The van der Waals surface area contributed by atoms with E-state index in [4.69, 9.17) is 0 Å². The smallest absolute Gasteiger partial charge is 0.273 e. The molecule has 0 unspecified atom stereocenters. The van der Waals surface area contributed by atoms with Crippen molar-refractivity contribution in [3.8, 4) is 0 Å². The van der Waals surface area contributed by atoms with Gasteiger partial charge in [0, 0.05) is 25.1 Å². The van der Waals surface area contributed by atoms with Crippen molar-refractivity contribution in [2.75, 3.05) is 6.54 Å². The summed E-state index contributed by atoms with van der Waals surface area (Å²) in [5, 5.41) is 0. The number of hydrogen-bond donors (Lipinski definition) is 0. The minimum absolute atomic E-state index is 0.00790. The van der Waals surface area contributed by atoms with E-state index < -0.39 is 0 Å². The van der Waals surface area contributed by atoms with E-state index in [-0.39, 0.29) is 11.9 Å². The lowest BCUT2D eigenvalue weighted by atomic mass is 10.1. The molecule has 0 spiro atoms. The maximum Gasteiger partial charge on any atom is 0.273 e. The van der Waals surface area contributed by atoms with Gasteiger partial charge in [0.05, 0.1) is 17.9 Å². The van der Waals surface area contributed by atoms with Crippen LogP contribution in [0.25, 0.3) is 0 Å². The highest BCUT2D eigenvalue weighted by molar-refractivity contribution is 5.92. The number of amides is 1. The van der Waals surface area contributed by atoms with Gasteiger partial charge in [-0.3, -0.25) is 14.8 Å². The van der Waals surface area contributed by atoms with Crippen molar-refractivity contribution in [1.82, 2.24) is 24.8 Å². The molecule has 6 nitrogen and oxygen atoms in total. The highest BCUT2D eigenvalue weighted by Gasteiger charge is 2.32. The third-order valence-corrected chi connectivity index (χ3v) is 3.43. The van der Waals surface area contributed by atoms with E-state index >= 15 is 0 Å². The Hall–Kier alpha value is -2.37. The number of rotatable bonds is 2. The van der Waals surface area contributed by atoms with Crippen LogP contribution in [0.5, 0.6) is 0 Å². The van der Waals surface area contributed by atoms with Gasteiger partial charge < -0.3 is 4.90 Å². The minimum Gasteiger partial charge on any atom is -0.329 e. The predicted octanol–water partition coefficient (Wildman–Crippen LogP) is 1.55. The van der Waals surface area contributed by atoms with Crippen molar-refractivity contribution in [2.24, 2.45) is 0 Å². The Morgan fingerprint density at radius 2 is 2.20 bits per heavy atom.